The number of carbonyl (C=O) groups is 1. The molecule has 0 aliphatic rings. The highest BCUT2D eigenvalue weighted by Crippen LogP contribution is 2.21. The highest BCUT2D eigenvalue weighted by molar-refractivity contribution is 5.90. The highest BCUT2D eigenvalue weighted by atomic mass is 16.1. The first-order chi connectivity index (χ1) is 12.6. The second kappa shape index (κ2) is 8.06. The Balaban J connectivity index is 1.72. The number of rotatable bonds is 6. The molecule has 0 aliphatic heterocycles. The number of carbonyl (C=O) groups excluding carboxylic acids is 1. The van der Waals surface area contributed by atoms with E-state index in [2.05, 4.69) is 30.9 Å². The molecule has 0 bridgehead atoms. The zero-order chi connectivity index (χ0) is 18.4. The lowest BCUT2D eigenvalue weighted by Gasteiger charge is -2.10. The summed E-state index contributed by atoms with van der Waals surface area (Å²) in [6.07, 6.45) is 2.17. The number of nitrogens with one attached hydrogen (secondary N) is 3. The quantitative estimate of drug-likeness (QED) is 0.623. The van der Waals surface area contributed by atoms with Crippen LogP contribution in [-0.2, 0) is 4.79 Å². The van der Waals surface area contributed by atoms with Crippen LogP contribution in [0.2, 0.25) is 0 Å². The summed E-state index contributed by atoms with van der Waals surface area (Å²) in [5, 5.41) is 9.22. The molecule has 3 rings (SSSR count). The van der Waals surface area contributed by atoms with Crippen molar-refractivity contribution in [3.8, 4) is 0 Å². The largest absolute Gasteiger partial charge is 0.340 e. The minimum atomic E-state index is -0.0117. The average Bonchev–Trinajstić information content (AvgIpc) is 2.63. The summed E-state index contributed by atoms with van der Waals surface area (Å²) in [6, 6.07) is 14.9. The summed E-state index contributed by atoms with van der Waals surface area (Å²) in [5.74, 6) is 2.67. The molecule has 1 aromatic carbocycles. The van der Waals surface area contributed by atoms with Crippen molar-refractivity contribution in [2.24, 2.45) is 0 Å². The molecule has 3 aromatic rings. The molecule has 0 saturated carbocycles. The molecular formula is C19H20N6O. The lowest BCUT2D eigenvalue weighted by molar-refractivity contribution is -0.115. The van der Waals surface area contributed by atoms with E-state index in [-0.39, 0.29) is 5.91 Å². The Morgan fingerprint density at radius 3 is 2.27 bits per heavy atom. The molecule has 0 unspecified atom stereocenters. The number of amides is 1. The first kappa shape index (κ1) is 17.3. The van der Waals surface area contributed by atoms with Gasteiger partial charge in [0.15, 0.2) is 0 Å². The Kier molecular flexibility index (Phi) is 5.38. The first-order valence-electron chi connectivity index (χ1n) is 8.33. The number of pyridine rings is 1. The SMILES string of the molecule is CCC(=O)Nc1ccc(Nc2cc(Nc3ccccn3)nc(C)n2)cc1. The van der Waals surface area contributed by atoms with Gasteiger partial charge in [-0.25, -0.2) is 15.0 Å². The predicted molar refractivity (Wildman–Crippen MR) is 103 cm³/mol. The van der Waals surface area contributed by atoms with Crippen molar-refractivity contribution in [3.05, 3.63) is 60.6 Å². The summed E-state index contributed by atoms with van der Waals surface area (Å²) in [5.41, 5.74) is 1.63. The standard InChI is InChI=1S/C19H20N6O/c1-3-19(26)24-15-9-7-14(8-10-15)23-17-12-18(22-13(2)21-17)25-16-6-4-5-11-20-16/h4-12H,3H2,1-2H3,(H,24,26)(H2,20,21,22,23,25). The van der Waals surface area contributed by atoms with Gasteiger partial charge >= 0.3 is 0 Å². The molecule has 7 heteroatoms. The van der Waals surface area contributed by atoms with Crippen LogP contribution < -0.4 is 16.0 Å². The van der Waals surface area contributed by atoms with Crippen molar-refractivity contribution in [2.45, 2.75) is 20.3 Å². The Hall–Kier alpha value is -3.48. The van der Waals surface area contributed by atoms with Crippen LogP contribution in [-0.4, -0.2) is 20.9 Å². The van der Waals surface area contributed by atoms with Crippen molar-refractivity contribution in [1.82, 2.24) is 15.0 Å². The molecule has 0 fully saturated rings. The maximum absolute atomic E-state index is 11.4. The van der Waals surface area contributed by atoms with E-state index in [0.717, 1.165) is 11.4 Å². The van der Waals surface area contributed by atoms with Crippen LogP contribution in [0.3, 0.4) is 0 Å². The van der Waals surface area contributed by atoms with Gasteiger partial charge in [-0.3, -0.25) is 4.79 Å². The molecule has 0 radical (unpaired) electrons. The summed E-state index contributed by atoms with van der Waals surface area (Å²) in [4.78, 5) is 24.4. The molecule has 1 amide bonds. The zero-order valence-corrected chi connectivity index (χ0v) is 14.7. The van der Waals surface area contributed by atoms with Gasteiger partial charge < -0.3 is 16.0 Å². The Morgan fingerprint density at radius 1 is 0.923 bits per heavy atom. The van der Waals surface area contributed by atoms with E-state index in [1.54, 1.807) is 6.20 Å². The number of aromatic nitrogens is 3. The van der Waals surface area contributed by atoms with Crippen LogP contribution in [0.4, 0.5) is 28.8 Å². The molecule has 3 N–H and O–H groups in total. The van der Waals surface area contributed by atoms with Crippen molar-refractivity contribution in [2.75, 3.05) is 16.0 Å². The predicted octanol–water partition coefficient (Wildman–Crippen LogP) is 4.02. The van der Waals surface area contributed by atoms with Gasteiger partial charge in [-0.2, -0.15) is 0 Å². The molecule has 132 valence electrons. The number of hydrogen-bond donors (Lipinski definition) is 3. The third-order valence-corrected chi connectivity index (χ3v) is 3.52. The monoisotopic (exact) mass is 348 g/mol. The fraction of sp³-hybridized carbons (Fsp3) is 0.158. The summed E-state index contributed by atoms with van der Waals surface area (Å²) in [6.45, 7) is 3.65. The average molecular weight is 348 g/mol. The second-order valence-electron chi connectivity index (χ2n) is 5.63. The smallest absolute Gasteiger partial charge is 0.224 e. The van der Waals surface area contributed by atoms with Gasteiger partial charge in [0.1, 0.15) is 23.3 Å². The molecule has 2 heterocycles. The van der Waals surface area contributed by atoms with Gasteiger partial charge in [0.25, 0.3) is 0 Å². The summed E-state index contributed by atoms with van der Waals surface area (Å²) < 4.78 is 0. The molecular weight excluding hydrogens is 328 g/mol. The fourth-order valence-electron chi connectivity index (χ4n) is 2.30. The zero-order valence-electron chi connectivity index (χ0n) is 14.7. The number of hydrogen-bond acceptors (Lipinski definition) is 6. The van der Waals surface area contributed by atoms with Crippen molar-refractivity contribution >= 4 is 34.7 Å². The minimum Gasteiger partial charge on any atom is -0.340 e. The van der Waals surface area contributed by atoms with Crippen molar-refractivity contribution < 1.29 is 4.79 Å². The van der Waals surface area contributed by atoms with Crippen LogP contribution in [0, 0.1) is 6.92 Å². The lowest BCUT2D eigenvalue weighted by Crippen LogP contribution is -2.09. The number of anilines is 5. The van der Waals surface area contributed by atoms with E-state index in [0.29, 0.717) is 29.7 Å². The maximum atomic E-state index is 11.4. The third kappa shape index (κ3) is 4.76. The van der Waals surface area contributed by atoms with Crippen LogP contribution in [0.1, 0.15) is 19.2 Å². The van der Waals surface area contributed by atoms with Crippen LogP contribution in [0.25, 0.3) is 0 Å². The van der Waals surface area contributed by atoms with E-state index in [9.17, 15) is 4.79 Å². The molecule has 0 aliphatic carbocycles. The Morgan fingerprint density at radius 2 is 1.62 bits per heavy atom. The van der Waals surface area contributed by atoms with Gasteiger partial charge in [0, 0.05) is 30.1 Å². The molecule has 0 saturated heterocycles. The number of benzene rings is 1. The van der Waals surface area contributed by atoms with E-state index in [4.69, 9.17) is 0 Å². The Bertz CT molecular complexity index is 880. The van der Waals surface area contributed by atoms with Crippen LogP contribution in [0.5, 0.6) is 0 Å². The van der Waals surface area contributed by atoms with E-state index < -0.39 is 0 Å². The van der Waals surface area contributed by atoms with Gasteiger partial charge in [0.2, 0.25) is 5.91 Å². The fourth-order valence-corrected chi connectivity index (χ4v) is 2.30. The topological polar surface area (TPSA) is 91.8 Å². The minimum absolute atomic E-state index is 0.0117. The normalized spacial score (nSPS) is 10.2. The molecule has 26 heavy (non-hydrogen) atoms. The van der Waals surface area contributed by atoms with Gasteiger partial charge in [-0.15, -0.1) is 0 Å². The molecule has 0 spiro atoms. The number of aryl methyl sites for hydroxylation is 1. The highest BCUT2D eigenvalue weighted by Gasteiger charge is 2.04. The van der Waals surface area contributed by atoms with Crippen LogP contribution in [0.15, 0.2) is 54.7 Å². The van der Waals surface area contributed by atoms with Crippen molar-refractivity contribution in [1.29, 1.82) is 0 Å². The molecule has 7 nitrogen and oxygen atoms in total. The second-order valence-corrected chi connectivity index (χ2v) is 5.63. The molecule has 0 atom stereocenters. The molecule has 2 aromatic heterocycles. The summed E-state index contributed by atoms with van der Waals surface area (Å²) in [7, 11) is 0. The van der Waals surface area contributed by atoms with Gasteiger partial charge in [-0.1, -0.05) is 13.0 Å². The van der Waals surface area contributed by atoms with Gasteiger partial charge in [0.05, 0.1) is 0 Å². The number of nitrogens with zero attached hydrogens (tertiary/aromatic N) is 3. The van der Waals surface area contributed by atoms with Gasteiger partial charge in [-0.05, 0) is 43.3 Å². The maximum Gasteiger partial charge on any atom is 0.224 e. The third-order valence-electron chi connectivity index (χ3n) is 3.52. The van der Waals surface area contributed by atoms with Crippen LogP contribution >= 0.6 is 0 Å². The first-order valence-corrected chi connectivity index (χ1v) is 8.33. The Labute approximate surface area is 151 Å². The van der Waals surface area contributed by atoms with E-state index in [1.165, 1.54) is 0 Å². The lowest BCUT2D eigenvalue weighted by atomic mass is 10.2. The van der Waals surface area contributed by atoms with E-state index >= 15 is 0 Å². The van der Waals surface area contributed by atoms with Crippen molar-refractivity contribution in [3.63, 3.8) is 0 Å². The summed E-state index contributed by atoms with van der Waals surface area (Å²) >= 11 is 0. The van der Waals surface area contributed by atoms with E-state index in [1.807, 2.05) is 62.4 Å².